The first-order valence-electron chi connectivity index (χ1n) is 10.5. The molecular weight excluding hydrogens is 494 g/mol. The molecule has 4 aromatic rings. The van der Waals surface area contributed by atoms with Crippen molar-refractivity contribution < 1.29 is 31.1 Å². The Morgan fingerprint density at radius 2 is 1.53 bits per heavy atom. The van der Waals surface area contributed by atoms with Crippen LogP contribution in [0.15, 0.2) is 58.1 Å². The zero-order valence-electron chi connectivity index (χ0n) is 18.8. The molecule has 0 saturated heterocycles. The van der Waals surface area contributed by atoms with E-state index in [9.17, 15) is 35.9 Å². The predicted molar refractivity (Wildman–Crippen MR) is 117 cm³/mol. The van der Waals surface area contributed by atoms with E-state index < -0.39 is 34.7 Å². The first-order valence-corrected chi connectivity index (χ1v) is 10.5. The van der Waals surface area contributed by atoms with Crippen LogP contribution in [0.3, 0.4) is 0 Å². The van der Waals surface area contributed by atoms with Gasteiger partial charge in [-0.25, -0.2) is 4.79 Å². The lowest BCUT2D eigenvalue weighted by Crippen LogP contribution is -2.39. The summed E-state index contributed by atoms with van der Waals surface area (Å²) in [7, 11) is 1.36. The van der Waals surface area contributed by atoms with E-state index in [1.807, 2.05) is 0 Å². The van der Waals surface area contributed by atoms with Crippen molar-refractivity contribution in [2.75, 3.05) is 0 Å². The van der Waals surface area contributed by atoms with Crippen molar-refractivity contribution >= 4 is 11.2 Å². The number of alkyl halides is 6. The fourth-order valence-corrected chi connectivity index (χ4v) is 3.68. The van der Waals surface area contributed by atoms with Crippen LogP contribution < -0.4 is 16.0 Å². The number of hydrogen-bond acceptors (Lipinski definition) is 4. The Morgan fingerprint density at radius 1 is 0.889 bits per heavy atom. The molecule has 2 aromatic heterocycles. The molecule has 0 radical (unpaired) electrons. The van der Waals surface area contributed by atoms with E-state index in [2.05, 4.69) is 4.98 Å². The highest BCUT2D eigenvalue weighted by molar-refractivity contribution is 5.72. The molecule has 0 amide bonds. The van der Waals surface area contributed by atoms with Crippen LogP contribution in [0.2, 0.25) is 0 Å². The standard InChI is InChI=1S/C23H18F6N4O3/c1-3-32-19(34)17-18(31(2)21(32)35)30-20(36-16-6-4-5-15(11-16)23(27,28)29)33(17)12-13-7-9-14(10-8-13)22(24,25)26/h4-11H,3,12H2,1-2H3. The highest BCUT2D eigenvalue weighted by atomic mass is 19.4. The van der Waals surface area contributed by atoms with Gasteiger partial charge in [0.1, 0.15) is 5.75 Å². The van der Waals surface area contributed by atoms with Gasteiger partial charge in [0.2, 0.25) is 0 Å². The second-order valence-corrected chi connectivity index (χ2v) is 7.87. The third kappa shape index (κ3) is 4.60. The number of halogens is 6. The highest BCUT2D eigenvalue weighted by Crippen LogP contribution is 2.33. The molecule has 0 atom stereocenters. The molecule has 0 spiro atoms. The van der Waals surface area contributed by atoms with Crippen LogP contribution >= 0.6 is 0 Å². The van der Waals surface area contributed by atoms with Crippen LogP contribution in [-0.2, 0) is 32.5 Å². The SMILES string of the molecule is CCn1c(=O)c2c(nc(Oc3cccc(C(F)(F)F)c3)n2Cc2ccc(C(F)(F)F)cc2)n(C)c1=O. The quantitative estimate of drug-likeness (QED) is 0.361. The van der Waals surface area contributed by atoms with Gasteiger partial charge in [0.25, 0.3) is 5.56 Å². The molecule has 2 heterocycles. The van der Waals surface area contributed by atoms with Gasteiger partial charge in [0, 0.05) is 13.6 Å². The topological polar surface area (TPSA) is 71.1 Å². The number of aryl methyl sites for hydroxylation is 1. The Labute approximate surface area is 198 Å². The van der Waals surface area contributed by atoms with Crippen molar-refractivity contribution in [1.29, 1.82) is 0 Å². The van der Waals surface area contributed by atoms with Crippen molar-refractivity contribution in [2.24, 2.45) is 7.05 Å². The van der Waals surface area contributed by atoms with Crippen LogP contribution in [0.1, 0.15) is 23.6 Å². The monoisotopic (exact) mass is 512 g/mol. The summed E-state index contributed by atoms with van der Waals surface area (Å²) < 4.78 is 87.2. The van der Waals surface area contributed by atoms with Crippen molar-refractivity contribution in [3.05, 3.63) is 86.1 Å². The van der Waals surface area contributed by atoms with E-state index in [-0.39, 0.29) is 36.0 Å². The number of fused-ring (bicyclic) bond motifs is 1. The van der Waals surface area contributed by atoms with Crippen LogP contribution in [0.25, 0.3) is 11.2 Å². The Kier molecular flexibility index (Phi) is 6.18. The van der Waals surface area contributed by atoms with Gasteiger partial charge in [-0.1, -0.05) is 18.2 Å². The summed E-state index contributed by atoms with van der Waals surface area (Å²) in [6.45, 7) is 1.39. The zero-order chi connectivity index (χ0) is 26.4. The molecule has 190 valence electrons. The number of aromatic nitrogens is 4. The summed E-state index contributed by atoms with van der Waals surface area (Å²) >= 11 is 0. The molecule has 0 fully saturated rings. The van der Waals surface area contributed by atoms with Crippen molar-refractivity contribution in [2.45, 2.75) is 32.4 Å². The normalized spacial score (nSPS) is 12.3. The van der Waals surface area contributed by atoms with E-state index >= 15 is 0 Å². The maximum Gasteiger partial charge on any atom is 0.416 e. The summed E-state index contributed by atoms with van der Waals surface area (Å²) in [4.78, 5) is 29.9. The molecule has 0 N–H and O–H groups in total. The number of benzene rings is 2. The molecule has 0 aliphatic heterocycles. The summed E-state index contributed by atoms with van der Waals surface area (Å²) in [6.07, 6.45) is -9.19. The maximum absolute atomic E-state index is 13.2. The summed E-state index contributed by atoms with van der Waals surface area (Å²) in [5.41, 5.74) is -3.12. The van der Waals surface area contributed by atoms with Gasteiger partial charge in [0.05, 0.1) is 17.7 Å². The fourth-order valence-electron chi connectivity index (χ4n) is 3.68. The van der Waals surface area contributed by atoms with Crippen LogP contribution in [0.4, 0.5) is 26.3 Å². The number of imidazole rings is 1. The first kappa shape index (κ1) is 25.1. The Balaban J connectivity index is 1.89. The lowest BCUT2D eigenvalue weighted by molar-refractivity contribution is -0.138. The Morgan fingerprint density at radius 3 is 2.11 bits per heavy atom. The van der Waals surface area contributed by atoms with Gasteiger partial charge in [-0.15, -0.1) is 0 Å². The van der Waals surface area contributed by atoms with E-state index in [1.54, 1.807) is 6.92 Å². The van der Waals surface area contributed by atoms with Gasteiger partial charge >= 0.3 is 24.1 Å². The smallest absolute Gasteiger partial charge is 0.416 e. The third-order valence-corrected chi connectivity index (χ3v) is 5.51. The number of ether oxygens (including phenoxy) is 1. The molecule has 13 heteroatoms. The lowest BCUT2D eigenvalue weighted by Gasteiger charge is -2.13. The summed E-state index contributed by atoms with van der Waals surface area (Å²) in [6, 6.07) is 7.77. The fraction of sp³-hybridized carbons (Fsp3) is 0.261. The van der Waals surface area contributed by atoms with E-state index in [0.29, 0.717) is 5.56 Å². The molecule has 7 nitrogen and oxygen atoms in total. The second kappa shape index (κ2) is 8.88. The molecule has 36 heavy (non-hydrogen) atoms. The van der Waals surface area contributed by atoms with Crippen LogP contribution in [0, 0.1) is 0 Å². The molecular formula is C23H18F6N4O3. The van der Waals surface area contributed by atoms with Crippen molar-refractivity contribution in [3.63, 3.8) is 0 Å². The molecule has 2 aromatic carbocycles. The number of hydrogen-bond donors (Lipinski definition) is 0. The average molecular weight is 512 g/mol. The van der Waals surface area contributed by atoms with E-state index in [1.165, 1.54) is 29.8 Å². The molecule has 0 saturated carbocycles. The molecule has 4 rings (SSSR count). The highest BCUT2D eigenvalue weighted by Gasteiger charge is 2.31. The number of nitrogens with zero attached hydrogens (tertiary/aromatic N) is 4. The van der Waals surface area contributed by atoms with Crippen molar-refractivity contribution in [3.8, 4) is 11.8 Å². The minimum atomic E-state index is -4.64. The van der Waals surface area contributed by atoms with Crippen molar-refractivity contribution in [1.82, 2.24) is 18.7 Å². The molecule has 0 aliphatic rings. The first-order chi connectivity index (χ1) is 16.8. The summed E-state index contributed by atoms with van der Waals surface area (Å²) in [5, 5.41) is 0. The number of rotatable bonds is 5. The van der Waals surface area contributed by atoms with Gasteiger partial charge in [-0.2, -0.15) is 31.3 Å². The average Bonchev–Trinajstić information content (AvgIpc) is 3.15. The van der Waals surface area contributed by atoms with Gasteiger partial charge in [0.15, 0.2) is 11.2 Å². The lowest BCUT2D eigenvalue weighted by atomic mass is 10.1. The van der Waals surface area contributed by atoms with Gasteiger partial charge in [-0.05, 0) is 42.8 Å². The minimum Gasteiger partial charge on any atom is -0.425 e. The maximum atomic E-state index is 13.2. The summed E-state index contributed by atoms with van der Waals surface area (Å²) in [5.74, 6) is -0.241. The van der Waals surface area contributed by atoms with Gasteiger partial charge in [-0.3, -0.25) is 18.5 Å². The Hall–Kier alpha value is -4.03. The van der Waals surface area contributed by atoms with Crippen LogP contribution in [-0.4, -0.2) is 18.7 Å². The zero-order valence-corrected chi connectivity index (χ0v) is 18.8. The van der Waals surface area contributed by atoms with E-state index in [4.69, 9.17) is 4.74 Å². The second-order valence-electron chi connectivity index (χ2n) is 7.87. The largest absolute Gasteiger partial charge is 0.425 e. The predicted octanol–water partition coefficient (Wildman–Crippen LogP) is 4.79. The Bertz CT molecular complexity index is 1550. The van der Waals surface area contributed by atoms with Gasteiger partial charge < -0.3 is 4.74 Å². The van der Waals surface area contributed by atoms with Crippen LogP contribution in [0.5, 0.6) is 11.8 Å². The molecule has 0 bridgehead atoms. The minimum absolute atomic E-state index is 0.0245. The molecule has 0 unspecified atom stereocenters. The third-order valence-electron chi connectivity index (χ3n) is 5.51. The molecule has 0 aliphatic carbocycles. The van der Waals surface area contributed by atoms with E-state index in [0.717, 1.165) is 39.5 Å².